The maximum Gasteiger partial charge on any atom is 0.259 e. The van der Waals surface area contributed by atoms with Gasteiger partial charge in [0.05, 0.1) is 16.9 Å². The van der Waals surface area contributed by atoms with Gasteiger partial charge in [-0.1, -0.05) is 25.1 Å². The number of ketones is 1. The summed E-state index contributed by atoms with van der Waals surface area (Å²) < 4.78 is 0. The summed E-state index contributed by atoms with van der Waals surface area (Å²) in [7, 11) is 0. The fourth-order valence-corrected chi connectivity index (χ4v) is 5.25. The van der Waals surface area contributed by atoms with Gasteiger partial charge in [0.1, 0.15) is 10.7 Å². The number of Topliss-reactive ketones (excluding diaryl/α,β-unsaturated/α-hetero) is 1. The Kier molecular flexibility index (Phi) is 5.12. The maximum absolute atomic E-state index is 12.7. The third kappa shape index (κ3) is 3.29. The molecule has 7 heteroatoms. The molecule has 28 heavy (non-hydrogen) atoms. The first-order valence-electron chi connectivity index (χ1n) is 9.18. The van der Waals surface area contributed by atoms with Crippen LogP contribution in [0.2, 0.25) is 0 Å². The minimum Gasteiger partial charge on any atom is -0.360 e. The number of nitrogens with one attached hydrogen (secondary N) is 2. The smallest absolute Gasteiger partial charge is 0.259 e. The molecule has 0 unspecified atom stereocenters. The van der Waals surface area contributed by atoms with Crippen molar-refractivity contribution < 1.29 is 4.79 Å². The van der Waals surface area contributed by atoms with Gasteiger partial charge in [-0.3, -0.25) is 9.59 Å². The topological polar surface area (TPSA) is 78.6 Å². The van der Waals surface area contributed by atoms with Gasteiger partial charge in [0, 0.05) is 27.5 Å². The number of thioether (sulfide) groups is 1. The number of aromatic nitrogens is 3. The first-order chi connectivity index (χ1) is 13.5. The second-order valence-corrected chi connectivity index (χ2v) is 8.98. The van der Waals surface area contributed by atoms with Crippen LogP contribution < -0.4 is 5.56 Å². The van der Waals surface area contributed by atoms with Crippen LogP contribution >= 0.6 is 23.1 Å². The Hall–Kier alpha value is -2.38. The van der Waals surface area contributed by atoms with Gasteiger partial charge in [-0.15, -0.1) is 23.1 Å². The molecule has 3 heterocycles. The van der Waals surface area contributed by atoms with Crippen molar-refractivity contribution in [3.8, 4) is 0 Å². The minimum atomic E-state index is -0.0995. The zero-order valence-corrected chi connectivity index (χ0v) is 17.6. The molecule has 4 rings (SSSR count). The lowest BCUT2D eigenvalue weighted by atomic mass is 10.1. The number of nitrogens with zero attached hydrogens (tertiary/aromatic N) is 1. The van der Waals surface area contributed by atoms with Gasteiger partial charge >= 0.3 is 0 Å². The number of thiophene rings is 1. The molecule has 0 saturated heterocycles. The van der Waals surface area contributed by atoms with Crippen LogP contribution in [0.3, 0.4) is 0 Å². The first kappa shape index (κ1) is 19.0. The predicted octanol–water partition coefficient (Wildman–Crippen LogP) is 4.76. The number of H-pyrrole nitrogens is 2. The van der Waals surface area contributed by atoms with Crippen molar-refractivity contribution in [3.05, 3.63) is 62.1 Å². The average Bonchev–Trinajstić information content (AvgIpc) is 3.23. The minimum absolute atomic E-state index is 0.0794. The van der Waals surface area contributed by atoms with Crippen molar-refractivity contribution in [2.75, 3.05) is 5.75 Å². The van der Waals surface area contributed by atoms with Crippen LogP contribution in [0.4, 0.5) is 0 Å². The fraction of sp³-hybridized carbons (Fsp3) is 0.286. The van der Waals surface area contributed by atoms with E-state index in [-0.39, 0.29) is 11.3 Å². The van der Waals surface area contributed by atoms with Gasteiger partial charge in [0.25, 0.3) is 5.56 Å². The second-order valence-electron chi connectivity index (χ2n) is 6.79. The van der Waals surface area contributed by atoms with Crippen LogP contribution in [-0.4, -0.2) is 26.5 Å². The molecule has 0 aliphatic rings. The zero-order valence-electron chi connectivity index (χ0n) is 16.0. The largest absolute Gasteiger partial charge is 0.360 e. The van der Waals surface area contributed by atoms with E-state index in [1.54, 1.807) is 6.20 Å². The molecule has 0 aliphatic heterocycles. The number of fused-ring (bicyclic) bond motifs is 2. The molecule has 144 valence electrons. The van der Waals surface area contributed by atoms with Crippen LogP contribution in [0.25, 0.3) is 21.1 Å². The number of para-hydroxylation sites is 1. The highest BCUT2D eigenvalue weighted by Gasteiger charge is 2.15. The van der Waals surface area contributed by atoms with Crippen molar-refractivity contribution in [1.29, 1.82) is 0 Å². The number of hydrogen-bond acceptors (Lipinski definition) is 5. The van der Waals surface area contributed by atoms with Crippen LogP contribution in [0.15, 0.2) is 29.2 Å². The summed E-state index contributed by atoms with van der Waals surface area (Å²) >= 11 is 3.01. The molecular formula is C21H21N3O2S2. The monoisotopic (exact) mass is 411 g/mol. The van der Waals surface area contributed by atoms with Gasteiger partial charge in [0.15, 0.2) is 5.78 Å². The quantitative estimate of drug-likeness (QED) is 0.448. The molecule has 2 N–H and O–H groups in total. The zero-order chi connectivity index (χ0) is 19.8. The third-order valence-corrected chi connectivity index (χ3v) is 7.09. The van der Waals surface area contributed by atoms with Crippen molar-refractivity contribution in [2.24, 2.45) is 0 Å². The highest BCUT2D eigenvalue weighted by Crippen LogP contribution is 2.27. The summed E-state index contributed by atoms with van der Waals surface area (Å²) in [5, 5.41) is 1.65. The van der Waals surface area contributed by atoms with Gasteiger partial charge in [-0.05, 0) is 31.4 Å². The van der Waals surface area contributed by atoms with Crippen molar-refractivity contribution in [1.82, 2.24) is 15.0 Å². The van der Waals surface area contributed by atoms with E-state index in [4.69, 9.17) is 0 Å². The van der Waals surface area contributed by atoms with E-state index in [2.05, 4.69) is 27.9 Å². The molecular weight excluding hydrogens is 390 g/mol. The molecule has 0 spiro atoms. The van der Waals surface area contributed by atoms with E-state index < -0.39 is 0 Å². The Bertz CT molecular complexity index is 1250. The van der Waals surface area contributed by atoms with Gasteiger partial charge < -0.3 is 9.97 Å². The molecule has 1 aromatic carbocycles. The normalized spacial score (nSPS) is 11.5. The lowest BCUT2D eigenvalue weighted by Gasteiger charge is -2.03. The van der Waals surface area contributed by atoms with E-state index in [1.807, 2.05) is 26.0 Å². The lowest BCUT2D eigenvalue weighted by molar-refractivity contribution is 0.102. The number of aryl methyl sites for hydroxylation is 3. The van der Waals surface area contributed by atoms with Crippen molar-refractivity contribution in [2.45, 2.75) is 32.9 Å². The molecule has 0 radical (unpaired) electrons. The first-order valence-corrected chi connectivity index (χ1v) is 11.2. The molecule has 0 fully saturated rings. The molecule has 0 aliphatic carbocycles. The van der Waals surface area contributed by atoms with Crippen LogP contribution in [0.5, 0.6) is 0 Å². The van der Waals surface area contributed by atoms with Crippen LogP contribution in [0, 0.1) is 13.8 Å². The molecule has 0 bridgehead atoms. The number of carbonyl (C=O) groups excluding carboxylic acids is 1. The highest BCUT2D eigenvalue weighted by atomic mass is 32.2. The van der Waals surface area contributed by atoms with Gasteiger partial charge in [-0.2, -0.15) is 0 Å². The summed E-state index contributed by atoms with van der Waals surface area (Å²) in [5.74, 6) is 1.53. The maximum atomic E-state index is 12.7. The number of hydrogen-bond donors (Lipinski definition) is 2. The summed E-state index contributed by atoms with van der Waals surface area (Å²) in [6.45, 7) is 6.05. The Labute approximate surface area is 170 Å². The molecule has 5 nitrogen and oxygen atoms in total. The second kappa shape index (κ2) is 7.56. The summed E-state index contributed by atoms with van der Waals surface area (Å²) in [5.41, 5.74) is 3.87. The average molecular weight is 412 g/mol. The predicted molar refractivity (Wildman–Crippen MR) is 118 cm³/mol. The van der Waals surface area contributed by atoms with E-state index >= 15 is 0 Å². The summed E-state index contributed by atoms with van der Waals surface area (Å²) in [4.78, 5) is 37.6. The van der Waals surface area contributed by atoms with Gasteiger partial charge in [-0.25, -0.2) is 4.98 Å². The van der Waals surface area contributed by atoms with Crippen molar-refractivity contribution >= 4 is 50.0 Å². The van der Waals surface area contributed by atoms with E-state index in [0.717, 1.165) is 38.2 Å². The molecule has 0 saturated carbocycles. The van der Waals surface area contributed by atoms with Gasteiger partial charge in [0.2, 0.25) is 0 Å². The molecule has 3 aromatic heterocycles. The number of benzene rings is 1. The van der Waals surface area contributed by atoms with Crippen LogP contribution in [-0.2, 0) is 12.2 Å². The van der Waals surface area contributed by atoms with E-state index in [9.17, 15) is 9.59 Å². The Balaban J connectivity index is 1.49. The number of aromatic amines is 2. The molecule has 4 aromatic rings. The number of carbonyl (C=O) groups is 1. The highest BCUT2D eigenvalue weighted by molar-refractivity contribution is 7.99. The third-order valence-electron chi connectivity index (χ3n) is 5.04. The molecule has 0 amide bonds. The Morgan fingerprint density at radius 3 is 2.89 bits per heavy atom. The number of rotatable bonds is 6. The van der Waals surface area contributed by atoms with Crippen LogP contribution in [0.1, 0.15) is 39.1 Å². The Morgan fingerprint density at radius 1 is 1.29 bits per heavy atom. The SMILES string of the molecule is CCc1cccc2c(C(=O)CSCc3nc4sc(C)c(C)c4c(=O)[nH]3)c[nH]c12. The lowest BCUT2D eigenvalue weighted by Crippen LogP contribution is -2.11. The van der Waals surface area contributed by atoms with E-state index in [0.29, 0.717) is 22.7 Å². The summed E-state index contributed by atoms with van der Waals surface area (Å²) in [6.07, 6.45) is 2.72. The van der Waals surface area contributed by atoms with Crippen molar-refractivity contribution in [3.63, 3.8) is 0 Å². The standard InChI is InChI=1S/C21H21N3O2S2/c1-4-13-6-5-7-14-15(8-22-19(13)14)16(25)9-27-10-17-23-20(26)18-11(2)12(3)28-21(18)24-17/h5-8,22H,4,9-10H2,1-3H3,(H,23,24,26). The molecule has 0 atom stereocenters. The Morgan fingerprint density at radius 2 is 2.11 bits per heavy atom. The summed E-state index contributed by atoms with van der Waals surface area (Å²) in [6, 6.07) is 6.05. The van der Waals surface area contributed by atoms with E-state index in [1.165, 1.54) is 28.7 Å². The fourth-order valence-electron chi connectivity index (χ4n) is 3.43.